The number of hydrogen-bond acceptors (Lipinski definition) is 4. The third-order valence-corrected chi connectivity index (χ3v) is 4.42. The third kappa shape index (κ3) is 2.93. The van der Waals surface area contributed by atoms with Crippen molar-refractivity contribution in [2.45, 2.75) is 6.18 Å². The van der Waals surface area contributed by atoms with E-state index in [1.807, 2.05) is 9.80 Å². The lowest BCUT2D eigenvalue weighted by Gasteiger charge is -2.36. The van der Waals surface area contributed by atoms with Gasteiger partial charge in [0.15, 0.2) is 17.2 Å². The van der Waals surface area contributed by atoms with Crippen molar-refractivity contribution in [3.63, 3.8) is 0 Å². The average molecular weight is 365 g/mol. The van der Waals surface area contributed by atoms with E-state index in [9.17, 15) is 17.6 Å². The van der Waals surface area contributed by atoms with Crippen molar-refractivity contribution in [1.82, 2.24) is 14.4 Å². The molecule has 1 fully saturated rings. The molecule has 0 amide bonds. The molecule has 0 aliphatic carbocycles. The van der Waals surface area contributed by atoms with Crippen molar-refractivity contribution in [2.24, 2.45) is 0 Å². The molecule has 26 heavy (non-hydrogen) atoms. The number of hydrogen-bond donors (Lipinski definition) is 0. The smallest absolute Gasteiger partial charge is 0.366 e. The van der Waals surface area contributed by atoms with E-state index < -0.39 is 11.9 Å². The van der Waals surface area contributed by atoms with Crippen LogP contribution in [0.5, 0.6) is 0 Å². The van der Waals surface area contributed by atoms with E-state index in [4.69, 9.17) is 0 Å². The molecule has 2 aromatic heterocycles. The quantitative estimate of drug-likeness (QED) is 0.654. The number of halogens is 4. The van der Waals surface area contributed by atoms with Gasteiger partial charge in [0.1, 0.15) is 5.82 Å². The lowest BCUT2D eigenvalue weighted by molar-refractivity contribution is -0.140. The number of alkyl halides is 3. The summed E-state index contributed by atoms with van der Waals surface area (Å²) in [5.74, 6) is 0.112. The van der Waals surface area contributed by atoms with E-state index in [1.54, 1.807) is 18.2 Å². The van der Waals surface area contributed by atoms with E-state index in [-0.39, 0.29) is 11.5 Å². The van der Waals surface area contributed by atoms with E-state index in [0.29, 0.717) is 37.7 Å². The molecule has 0 radical (unpaired) electrons. The van der Waals surface area contributed by atoms with Crippen LogP contribution in [0.2, 0.25) is 0 Å². The van der Waals surface area contributed by atoms with Crippen LogP contribution in [0.25, 0.3) is 5.65 Å². The van der Waals surface area contributed by atoms with Gasteiger partial charge in [-0.15, -0.1) is 0 Å². The van der Waals surface area contributed by atoms with Crippen LogP contribution in [0.1, 0.15) is 5.69 Å². The van der Waals surface area contributed by atoms with Crippen LogP contribution in [0.15, 0.2) is 42.9 Å². The summed E-state index contributed by atoms with van der Waals surface area (Å²) in [6.45, 7) is 2.09. The second kappa shape index (κ2) is 6.15. The number of aromatic nitrogens is 3. The second-order valence-electron chi connectivity index (χ2n) is 6.03. The molecule has 0 N–H and O–H groups in total. The van der Waals surface area contributed by atoms with Gasteiger partial charge in [-0.25, -0.2) is 14.4 Å². The number of anilines is 2. The Morgan fingerprint density at radius 1 is 0.962 bits per heavy atom. The first kappa shape index (κ1) is 16.6. The van der Waals surface area contributed by atoms with Gasteiger partial charge in [-0.1, -0.05) is 12.1 Å². The number of para-hydroxylation sites is 1. The molecule has 3 aromatic rings. The number of piperazine rings is 1. The highest BCUT2D eigenvalue weighted by atomic mass is 19.4. The fourth-order valence-corrected chi connectivity index (χ4v) is 3.13. The minimum Gasteiger partial charge on any atom is -0.366 e. The Labute approximate surface area is 146 Å². The van der Waals surface area contributed by atoms with Crippen molar-refractivity contribution < 1.29 is 17.6 Å². The van der Waals surface area contributed by atoms with Gasteiger partial charge in [0.25, 0.3) is 0 Å². The van der Waals surface area contributed by atoms with E-state index in [2.05, 4.69) is 9.97 Å². The monoisotopic (exact) mass is 365 g/mol. The summed E-state index contributed by atoms with van der Waals surface area (Å²) in [6, 6.07) is 6.54. The van der Waals surface area contributed by atoms with Gasteiger partial charge in [-0.05, 0) is 12.1 Å². The van der Waals surface area contributed by atoms with Gasteiger partial charge in [-0.3, -0.25) is 0 Å². The van der Waals surface area contributed by atoms with E-state index in [1.165, 1.54) is 22.9 Å². The molecule has 0 saturated carbocycles. The zero-order valence-corrected chi connectivity index (χ0v) is 13.6. The molecule has 0 unspecified atom stereocenters. The van der Waals surface area contributed by atoms with Crippen molar-refractivity contribution in [3.8, 4) is 0 Å². The highest BCUT2D eigenvalue weighted by Crippen LogP contribution is 2.30. The zero-order chi connectivity index (χ0) is 18.3. The van der Waals surface area contributed by atoms with Crippen LogP contribution >= 0.6 is 0 Å². The van der Waals surface area contributed by atoms with Gasteiger partial charge < -0.3 is 14.2 Å². The molecular weight excluding hydrogens is 350 g/mol. The molecule has 1 saturated heterocycles. The van der Waals surface area contributed by atoms with Gasteiger partial charge >= 0.3 is 6.18 Å². The standard InChI is InChI=1S/C17H15F4N5/c18-12-3-1-2-4-13(12)24-7-9-25(10-8-24)15-16-23-14(17(19,20)21)11-26(16)6-5-22-15/h1-6,11H,7-10H2. The molecule has 3 heterocycles. The van der Waals surface area contributed by atoms with Crippen molar-refractivity contribution in [3.05, 3.63) is 54.4 Å². The third-order valence-electron chi connectivity index (χ3n) is 4.42. The van der Waals surface area contributed by atoms with Gasteiger partial charge in [0, 0.05) is 44.8 Å². The maximum Gasteiger partial charge on any atom is 0.434 e. The summed E-state index contributed by atoms with van der Waals surface area (Å²) in [6.07, 6.45) is -0.660. The fraction of sp³-hybridized carbons (Fsp3) is 0.294. The Morgan fingerprint density at radius 3 is 2.35 bits per heavy atom. The highest BCUT2D eigenvalue weighted by molar-refractivity contribution is 5.65. The van der Waals surface area contributed by atoms with E-state index in [0.717, 1.165) is 6.20 Å². The van der Waals surface area contributed by atoms with E-state index >= 15 is 0 Å². The Hall–Kier alpha value is -2.84. The normalized spacial score (nSPS) is 15.7. The fourth-order valence-electron chi connectivity index (χ4n) is 3.13. The summed E-state index contributed by atoms with van der Waals surface area (Å²) in [7, 11) is 0. The first-order chi connectivity index (χ1) is 12.4. The molecule has 1 aromatic carbocycles. The Bertz CT molecular complexity index is 928. The number of benzene rings is 1. The molecule has 0 atom stereocenters. The van der Waals surface area contributed by atoms with Gasteiger partial charge in [0.2, 0.25) is 0 Å². The minimum absolute atomic E-state index is 0.166. The summed E-state index contributed by atoms with van der Waals surface area (Å²) < 4.78 is 54.0. The molecule has 1 aliphatic rings. The SMILES string of the molecule is Fc1ccccc1N1CCN(c2nccn3cc(C(F)(F)F)nc23)CC1. The first-order valence-corrected chi connectivity index (χ1v) is 8.09. The molecular formula is C17H15F4N5. The largest absolute Gasteiger partial charge is 0.434 e. The second-order valence-corrected chi connectivity index (χ2v) is 6.03. The van der Waals surface area contributed by atoms with Crippen molar-refractivity contribution in [1.29, 1.82) is 0 Å². The molecule has 9 heteroatoms. The lowest BCUT2D eigenvalue weighted by atomic mass is 10.2. The number of fused-ring (bicyclic) bond motifs is 1. The zero-order valence-electron chi connectivity index (χ0n) is 13.6. The van der Waals surface area contributed by atoms with Crippen LogP contribution in [0.4, 0.5) is 29.1 Å². The summed E-state index contributed by atoms with van der Waals surface area (Å²) >= 11 is 0. The maximum atomic E-state index is 13.9. The van der Waals surface area contributed by atoms with Crippen molar-refractivity contribution in [2.75, 3.05) is 36.0 Å². The Morgan fingerprint density at radius 2 is 1.65 bits per heavy atom. The molecule has 0 bridgehead atoms. The Balaban J connectivity index is 1.58. The maximum absolute atomic E-state index is 13.9. The predicted octanol–water partition coefficient (Wildman–Crippen LogP) is 3.21. The number of imidazole rings is 1. The molecule has 4 rings (SSSR count). The van der Waals surface area contributed by atoms with Crippen LogP contribution < -0.4 is 9.80 Å². The molecule has 0 spiro atoms. The summed E-state index contributed by atoms with van der Waals surface area (Å²) in [4.78, 5) is 11.7. The topological polar surface area (TPSA) is 36.7 Å². The number of rotatable bonds is 2. The van der Waals surface area contributed by atoms with Gasteiger partial charge in [0.05, 0.1) is 5.69 Å². The average Bonchev–Trinajstić information content (AvgIpc) is 3.07. The highest BCUT2D eigenvalue weighted by Gasteiger charge is 2.34. The Kier molecular flexibility index (Phi) is 3.93. The molecule has 1 aliphatic heterocycles. The van der Waals surface area contributed by atoms with Gasteiger partial charge in [-0.2, -0.15) is 13.2 Å². The predicted molar refractivity (Wildman–Crippen MR) is 88.8 cm³/mol. The number of nitrogens with zero attached hydrogens (tertiary/aromatic N) is 5. The van der Waals surface area contributed by atoms with Crippen LogP contribution in [0, 0.1) is 5.82 Å². The van der Waals surface area contributed by atoms with Crippen molar-refractivity contribution >= 4 is 17.2 Å². The van der Waals surface area contributed by atoms with Crippen LogP contribution in [-0.4, -0.2) is 40.5 Å². The molecule has 136 valence electrons. The minimum atomic E-state index is -4.51. The molecule has 5 nitrogen and oxygen atoms in total. The lowest BCUT2D eigenvalue weighted by Crippen LogP contribution is -2.47. The van der Waals surface area contributed by atoms with Crippen LogP contribution in [0.3, 0.4) is 0 Å². The summed E-state index contributed by atoms with van der Waals surface area (Å²) in [5, 5.41) is 0. The van der Waals surface area contributed by atoms with Crippen LogP contribution in [-0.2, 0) is 6.18 Å². The first-order valence-electron chi connectivity index (χ1n) is 8.09. The summed E-state index contributed by atoms with van der Waals surface area (Å²) in [5.41, 5.74) is -0.255.